The van der Waals surface area contributed by atoms with Gasteiger partial charge in [0.25, 0.3) is 0 Å². The maximum Gasteiger partial charge on any atom is 0.332 e. The normalized spacial score (nSPS) is 39.4. The van der Waals surface area contributed by atoms with Crippen LogP contribution in [0.15, 0.2) is 5.11 Å². The topological polar surface area (TPSA) is 123 Å². The quantitative estimate of drug-likeness (QED) is 0.310. The van der Waals surface area contributed by atoms with Crippen LogP contribution in [0.1, 0.15) is 0 Å². The summed E-state index contributed by atoms with van der Waals surface area (Å²) in [5, 5.41) is 13.3. The van der Waals surface area contributed by atoms with E-state index in [2.05, 4.69) is 10.0 Å². The number of esters is 1. The molecule has 0 aromatic carbocycles. The number of aliphatic hydroxyl groups excluding tert-OH is 1. The molecule has 0 saturated carbocycles. The Hall–Kier alpha value is -1.38. The molecule has 2 saturated heterocycles. The second-order valence-electron chi connectivity index (χ2n) is 3.91. The van der Waals surface area contributed by atoms with Crippen molar-refractivity contribution in [3.63, 3.8) is 0 Å². The number of nitrogens with zero attached hydrogens (tertiary/aromatic N) is 3. The lowest BCUT2D eigenvalue weighted by atomic mass is 9.98. The Bertz CT molecular complexity index is 371. The minimum absolute atomic E-state index is 0.0850. The van der Waals surface area contributed by atoms with Gasteiger partial charge in [-0.2, -0.15) is 0 Å². The summed E-state index contributed by atoms with van der Waals surface area (Å²) in [6.45, 7) is -0.295. The van der Waals surface area contributed by atoms with Crippen LogP contribution in [0.2, 0.25) is 0 Å². The third-order valence-corrected chi connectivity index (χ3v) is 2.84. The second-order valence-corrected chi connectivity index (χ2v) is 3.91. The molecule has 9 heteroatoms. The number of carbonyl (C=O) groups is 1. The van der Waals surface area contributed by atoms with Crippen LogP contribution in [-0.2, 0) is 23.7 Å². The van der Waals surface area contributed by atoms with Crippen LogP contribution < -0.4 is 0 Å². The van der Waals surface area contributed by atoms with Gasteiger partial charge in [0.05, 0.1) is 12.6 Å². The number of fused-ring (bicyclic) bond motifs is 1. The van der Waals surface area contributed by atoms with Gasteiger partial charge in [-0.15, -0.1) is 0 Å². The van der Waals surface area contributed by atoms with E-state index < -0.39 is 36.7 Å². The third-order valence-electron chi connectivity index (χ3n) is 2.84. The van der Waals surface area contributed by atoms with Crippen LogP contribution >= 0.6 is 0 Å². The molecular weight excluding hydrogens is 246 g/mol. The van der Waals surface area contributed by atoms with Crippen LogP contribution in [-0.4, -0.2) is 62.0 Å². The summed E-state index contributed by atoms with van der Waals surface area (Å²) in [7, 11) is 1.41. The van der Waals surface area contributed by atoms with Crippen molar-refractivity contribution >= 4 is 5.97 Å². The first-order valence-electron chi connectivity index (χ1n) is 5.35. The van der Waals surface area contributed by atoms with Gasteiger partial charge in [-0.25, -0.2) is 4.79 Å². The Kier molecular flexibility index (Phi) is 4.00. The van der Waals surface area contributed by atoms with Crippen molar-refractivity contribution < 1.29 is 28.8 Å². The zero-order chi connectivity index (χ0) is 13.1. The van der Waals surface area contributed by atoms with E-state index in [1.807, 2.05) is 0 Å². The van der Waals surface area contributed by atoms with Crippen LogP contribution in [0.5, 0.6) is 0 Å². The molecule has 0 spiro atoms. The average Bonchev–Trinajstić information content (AvgIpc) is 2.38. The second kappa shape index (κ2) is 5.51. The number of rotatable bonds is 3. The third kappa shape index (κ3) is 2.40. The van der Waals surface area contributed by atoms with Crippen molar-refractivity contribution in [1.82, 2.24) is 0 Å². The Labute approximate surface area is 102 Å². The van der Waals surface area contributed by atoms with E-state index in [0.29, 0.717) is 0 Å². The fraction of sp³-hybridized carbons (Fsp3) is 0.889. The number of ether oxygens (including phenoxy) is 4. The van der Waals surface area contributed by atoms with Gasteiger partial charge in [0.2, 0.25) is 0 Å². The minimum atomic E-state index is -1.13. The first-order chi connectivity index (χ1) is 8.67. The summed E-state index contributed by atoms with van der Waals surface area (Å²) in [5.74, 6) is -0.561. The van der Waals surface area contributed by atoms with E-state index in [4.69, 9.17) is 24.5 Å². The predicted octanol–water partition coefficient (Wildman–Crippen LogP) is -0.661. The van der Waals surface area contributed by atoms with Gasteiger partial charge in [0.1, 0.15) is 18.8 Å². The summed E-state index contributed by atoms with van der Waals surface area (Å²) >= 11 is 0. The summed E-state index contributed by atoms with van der Waals surface area (Å²) in [5.41, 5.74) is 8.26. The number of hydrogen-bond donors (Lipinski definition) is 1. The fourth-order valence-corrected chi connectivity index (χ4v) is 2.01. The highest BCUT2D eigenvalue weighted by Gasteiger charge is 2.50. The van der Waals surface area contributed by atoms with E-state index in [0.717, 1.165) is 0 Å². The van der Waals surface area contributed by atoms with Crippen molar-refractivity contribution in [2.24, 2.45) is 5.11 Å². The van der Waals surface area contributed by atoms with Crippen LogP contribution in [0, 0.1) is 0 Å². The lowest BCUT2D eigenvalue weighted by molar-refractivity contribution is -0.312. The number of carbonyl (C=O) groups excluding carboxylic acids is 1. The molecular formula is C9H13N3O6. The van der Waals surface area contributed by atoms with Crippen molar-refractivity contribution in [3.8, 4) is 0 Å². The molecule has 0 unspecified atom stereocenters. The number of methoxy groups -OCH3 is 1. The minimum Gasteiger partial charge on any atom is -0.455 e. The highest BCUT2D eigenvalue weighted by molar-refractivity contribution is 5.71. The highest BCUT2D eigenvalue weighted by atomic mass is 16.7. The Morgan fingerprint density at radius 1 is 1.61 bits per heavy atom. The maximum atomic E-state index is 11.2. The molecule has 0 aliphatic carbocycles. The average molecular weight is 259 g/mol. The Morgan fingerprint density at radius 2 is 2.39 bits per heavy atom. The molecule has 2 heterocycles. The van der Waals surface area contributed by atoms with Crippen molar-refractivity contribution in [3.05, 3.63) is 10.4 Å². The summed E-state index contributed by atoms with van der Waals surface area (Å²) in [6.07, 6.45) is -4.29. The molecule has 0 aromatic heterocycles. The molecule has 2 fully saturated rings. The first-order valence-corrected chi connectivity index (χ1v) is 5.35. The molecule has 0 bridgehead atoms. The molecule has 2 rings (SSSR count). The number of aliphatic hydroxyl groups is 1. The van der Waals surface area contributed by atoms with E-state index >= 15 is 0 Å². The van der Waals surface area contributed by atoms with Gasteiger partial charge < -0.3 is 24.1 Å². The molecule has 0 amide bonds. The Balaban J connectivity index is 2.14. The van der Waals surface area contributed by atoms with Crippen LogP contribution in [0.4, 0.5) is 0 Å². The van der Waals surface area contributed by atoms with Crippen LogP contribution in [0.25, 0.3) is 10.4 Å². The first kappa shape index (κ1) is 13.1. The van der Waals surface area contributed by atoms with E-state index in [-0.39, 0.29) is 13.2 Å². The highest BCUT2D eigenvalue weighted by Crippen LogP contribution is 2.29. The van der Waals surface area contributed by atoms with Crippen LogP contribution in [0.3, 0.4) is 0 Å². The lowest BCUT2D eigenvalue weighted by Crippen LogP contribution is -2.63. The summed E-state index contributed by atoms with van der Waals surface area (Å²) in [4.78, 5) is 13.7. The zero-order valence-electron chi connectivity index (χ0n) is 9.63. The van der Waals surface area contributed by atoms with E-state index in [1.165, 1.54) is 7.11 Å². The molecule has 0 aromatic rings. The van der Waals surface area contributed by atoms with Gasteiger partial charge in [-0.1, -0.05) is 5.11 Å². The zero-order valence-corrected chi connectivity index (χ0v) is 9.63. The van der Waals surface area contributed by atoms with E-state index in [1.54, 1.807) is 0 Å². The lowest BCUT2D eigenvalue weighted by Gasteiger charge is -2.44. The molecule has 9 nitrogen and oxygen atoms in total. The summed E-state index contributed by atoms with van der Waals surface area (Å²) in [6, 6.07) is 0. The maximum absolute atomic E-state index is 11.2. The molecule has 5 atom stereocenters. The molecule has 18 heavy (non-hydrogen) atoms. The molecule has 100 valence electrons. The number of azide groups is 1. The van der Waals surface area contributed by atoms with Crippen molar-refractivity contribution in [1.29, 1.82) is 0 Å². The van der Waals surface area contributed by atoms with Crippen molar-refractivity contribution in [2.75, 3.05) is 20.3 Å². The SMILES string of the molecule is CO[C@@H]1O[C@H](CN=[N+]=[N-])[C@H](O)[C@@H]2OC(=O)CO[C@@H]12. The fourth-order valence-electron chi connectivity index (χ4n) is 2.01. The summed E-state index contributed by atoms with van der Waals surface area (Å²) < 4.78 is 20.7. The van der Waals surface area contributed by atoms with Gasteiger partial charge in [-0.3, -0.25) is 0 Å². The largest absolute Gasteiger partial charge is 0.455 e. The molecule has 2 aliphatic heterocycles. The standard InChI is InChI=1S/C9H13N3O6/c1-15-9-8-7(18-5(13)3-16-8)6(14)4(17-9)2-11-12-10/h4,6-9,14H,2-3H2,1H3/t4-,6+,7+,8-,9-/m1/s1. The van der Waals surface area contributed by atoms with Gasteiger partial charge in [0.15, 0.2) is 12.4 Å². The smallest absolute Gasteiger partial charge is 0.332 e. The molecule has 0 radical (unpaired) electrons. The monoisotopic (exact) mass is 259 g/mol. The van der Waals surface area contributed by atoms with Gasteiger partial charge in [-0.05, 0) is 5.53 Å². The predicted molar refractivity (Wildman–Crippen MR) is 55.3 cm³/mol. The van der Waals surface area contributed by atoms with Gasteiger partial charge in [0, 0.05) is 12.0 Å². The molecule has 1 N–H and O–H groups in total. The van der Waals surface area contributed by atoms with Gasteiger partial charge >= 0.3 is 5.97 Å². The Morgan fingerprint density at radius 3 is 3.06 bits per heavy atom. The number of hydrogen-bond acceptors (Lipinski definition) is 7. The molecule has 2 aliphatic rings. The van der Waals surface area contributed by atoms with E-state index in [9.17, 15) is 9.90 Å². The van der Waals surface area contributed by atoms with Crippen molar-refractivity contribution in [2.45, 2.75) is 30.7 Å².